The summed E-state index contributed by atoms with van der Waals surface area (Å²) in [5, 5.41) is 2.77. The summed E-state index contributed by atoms with van der Waals surface area (Å²) in [4.78, 5) is 23.6. The van der Waals surface area contributed by atoms with Crippen LogP contribution in [0.3, 0.4) is 0 Å². The van der Waals surface area contributed by atoms with Crippen molar-refractivity contribution in [2.45, 2.75) is 20.8 Å². The molecule has 0 saturated heterocycles. The molecule has 0 aliphatic carbocycles. The number of para-hydroxylation sites is 1. The van der Waals surface area contributed by atoms with E-state index in [1.807, 2.05) is 63.2 Å². The van der Waals surface area contributed by atoms with Crippen molar-refractivity contribution >= 4 is 23.6 Å². The van der Waals surface area contributed by atoms with Gasteiger partial charge in [0.2, 0.25) is 0 Å². The van der Waals surface area contributed by atoms with E-state index in [9.17, 15) is 9.59 Å². The molecule has 0 bridgehead atoms. The predicted octanol–water partition coefficient (Wildman–Crippen LogP) is 3.81. The quantitative estimate of drug-likeness (QED) is 0.672. The molecule has 2 aromatic carbocycles. The van der Waals surface area contributed by atoms with E-state index >= 15 is 0 Å². The highest BCUT2D eigenvalue weighted by Gasteiger charge is 2.09. The topological polar surface area (TPSA) is 55.4 Å². The zero-order valence-electron chi connectivity index (χ0n) is 14.1. The first-order chi connectivity index (χ1) is 11.5. The van der Waals surface area contributed by atoms with Crippen molar-refractivity contribution in [3.8, 4) is 0 Å². The Kier molecular flexibility index (Phi) is 5.90. The Labute approximate surface area is 142 Å². The molecule has 0 fully saturated rings. The third-order valence-electron chi connectivity index (χ3n) is 3.58. The first-order valence-electron chi connectivity index (χ1n) is 7.73. The summed E-state index contributed by atoms with van der Waals surface area (Å²) in [6.07, 6.45) is 2.97. The average Bonchev–Trinajstić information content (AvgIpc) is 2.56. The first-order valence-corrected chi connectivity index (χ1v) is 7.73. The van der Waals surface area contributed by atoms with Crippen LogP contribution < -0.4 is 5.32 Å². The fourth-order valence-corrected chi connectivity index (χ4v) is 2.21. The molecule has 4 heteroatoms. The van der Waals surface area contributed by atoms with Gasteiger partial charge in [-0.25, -0.2) is 4.79 Å². The van der Waals surface area contributed by atoms with Crippen LogP contribution in [0, 0.1) is 20.8 Å². The van der Waals surface area contributed by atoms with Crippen molar-refractivity contribution in [2.75, 3.05) is 11.9 Å². The van der Waals surface area contributed by atoms with E-state index < -0.39 is 5.97 Å². The Morgan fingerprint density at radius 3 is 2.25 bits per heavy atom. The lowest BCUT2D eigenvalue weighted by Crippen LogP contribution is -2.21. The third-order valence-corrected chi connectivity index (χ3v) is 3.58. The van der Waals surface area contributed by atoms with Crippen molar-refractivity contribution < 1.29 is 14.3 Å². The molecule has 2 aromatic rings. The van der Waals surface area contributed by atoms with E-state index in [-0.39, 0.29) is 12.5 Å². The van der Waals surface area contributed by atoms with Crippen molar-refractivity contribution in [3.63, 3.8) is 0 Å². The second-order valence-electron chi connectivity index (χ2n) is 5.67. The molecule has 0 unspecified atom stereocenters. The lowest BCUT2D eigenvalue weighted by atomic mass is 10.1. The molecule has 4 nitrogen and oxygen atoms in total. The summed E-state index contributed by atoms with van der Waals surface area (Å²) >= 11 is 0. The summed E-state index contributed by atoms with van der Waals surface area (Å²) in [5.74, 6) is -0.906. The van der Waals surface area contributed by atoms with Crippen LogP contribution in [-0.2, 0) is 14.3 Å². The summed E-state index contributed by atoms with van der Waals surface area (Å²) in [6, 6.07) is 13.5. The Bertz CT molecular complexity index is 741. The van der Waals surface area contributed by atoms with Gasteiger partial charge < -0.3 is 10.1 Å². The maximum absolute atomic E-state index is 11.9. The van der Waals surface area contributed by atoms with Crippen LogP contribution in [0.5, 0.6) is 0 Å². The minimum Gasteiger partial charge on any atom is -0.452 e. The average molecular weight is 323 g/mol. The highest BCUT2D eigenvalue weighted by Crippen LogP contribution is 2.19. The van der Waals surface area contributed by atoms with Gasteiger partial charge in [0.15, 0.2) is 6.61 Å². The van der Waals surface area contributed by atoms with Crippen molar-refractivity contribution in [1.82, 2.24) is 0 Å². The van der Waals surface area contributed by atoms with Crippen LogP contribution in [0.15, 0.2) is 48.5 Å². The Morgan fingerprint density at radius 2 is 1.62 bits per heavy atom. The maximum atomic E-state index is 11.9. The number of amides is 1. The highest BCUT2D eigenvalue weighted by atomic mass is 16.5. The molecule has 0 atom stereocenters. The van der Waals surface area contributed by atoms with Crippen LogP contribution in [0.4, 0.5) is 5.69 Å². The molecule has 0 radical (unpaired) electrons. The van der Waals surface area contributed by atoms with Gasteiger partial charge in [-0.15, -0.1) is 0 Å². The summed E-state index contributed by atoms with van der Waals surface area (Å²) in [7, 11) is 0. The van der Waals surface area contributed by atoms with Crippen LogP contribution in [0.25, 0.3) is 6.08 Å². The number of hydrogen-bond acceptors (Lipinski definition) is 3. The molecule has 0 aliphatic rings. The Hall–Kier alpha value is -2.88. The lowest BCUT2D eigenvalue weighted by molar-refractivity contribution is -0.142. The molecule has 1 N–H and O–H groups in total. The largest absolute Gasteiger partial charge is 0.452 e. The van der Waals surface area contributed by atoms with Gasteiger partial charge in [-0.1, -0.05) is 48.0 Å². The van der Waals surface area contributed by atoms with Gasteiger partial charge >= 0.3 is 5.97 Å². The van der Waals surface area contributed by atoms with Gasteiger partial charge in [-0.3, -0.25) is 4.79 Å². The maximum Gasteiger partial charge on any atom is 0.331 e. The van der Waals surface area contributed by atoms with Gasteiger partial charge in [0, 0.05) is 11.8 Å². The minimum atomic E-state index is -0.549. The minimum absolute atomic E-state index is 0.315. The van der Waals surface area contributed by atoms with Crippen LogP contribution in [-0.4, -0.2) is 18.5 Å². The molecule has 124 valence electrons. The van der Waals surface area contributed by atoms with Gasteiger partial charge in [0.25, 0.3) is 5.91 Å². The molecule has 24 heavy (non-hydrogen) atoms. The number of aryl methyl sites for hydroxylation is 3. The van der Waals surface area contributed by atoms with Crippen molar-refractivity contribution in [1.29, 1.82) is 0 Å². The smallest absolute Gasteiger partial charge is 0.331 e. The molecule has 0 heterocycles. The molecule has 0 spiro atoms. The van der Waals surface area contributed by atoms with E-state index in [1.54, 1.807) is 6.08 Å². The molecule has 2 rings (SSSR count). The van der Waals surface area contributed by atoms with Gasteiger partial charge in [-0.2, -0.15) is 0 Å². The Balaban J connectivity index is 1.85. The van der Waals surface area contributed by atoms with Gasteiger partial charge in [0.1, 0.15) is 0 Å². The normalized spacial score (nSPS) is 10.6. The number of esters is 1. The van der Waals surface area contributed by atoms with E-state index in [2.05, 4.69) is 5.32 Å². The standard InChI is InChI=1S/C20H21NO3/c1-14-7-9-17(10-8-14)11-12-19(23)24-13-18(22)21-20-15(2)5-4-6-16(20)3/h4-12H,13H2,1-3H3,(H,21,22)/b12-11+. The second kappa shape index (κ2) is 8.11. The number of ether oxygens (including phenoxy) is 1. The van der Waals surface area contributed by atoms with E-state index in [0.29, 0.717) is 0 Å². The SMILES string of the molecule is Cc1ccc(/C=C/C(=O)OCC(=O)Nc2c(C)cccc2C)cc1. The van der Waals surface area contributed by atoms with Gasteiger partial charge in [0.05, 0.1) is 0 Å². The predicted molar refractivity (Wildman–Crippen MR) is 95.7 cm³/mol. The summed E-state index contributed by atoms with van der Waals surface area (Å²) < 4.78 is 4.96. The zero-order chi connectivity index (χ0) is 17.5. The number of anilines is 1. The molecular formula is C20H21NO3. The monoisotopic (exact) mass is 323 g/mol. The summed E-state index contributed by atoms with van der Waals surface area (Å²) in [6.45, 7) is 5.51. The van der Waals surface area contributed by atoms with Gasteiger partial charge in [-0.05, 0) is 43.5 Å². The lowest BCUT2D eigenvalue weighted by Gasteiger charge is -2.11. The Morgan fingerprint density at radius 1 is 1.00 bits per heavy atom. The molecule has 0 saturated carbocycles. The molecular weight excluding hydrogens is 302 g/mol. The van der Waals surface area contributed by atoms with E-state index in [0.717, 1.165) is 27.9 Å². The number of hydrogen-bond donors (Lipinski definition) is 1. The van der Waals surface area contributed by atoms with Crippen LogP contribution in [0.1, 0.15) is 22.3 Å². The first kappa shape index (κ1) is 17.5. The highest BCUT2D eigenvalue weighted by molar-refractivity contribution is 5.95. The number of nitrogens with one attached hydrogen (secondary N) is 1. The summed E-state index contributed by atoms with van der Waals surface area (Å²) in [5.41, 5.74) is 4.74. The van der Waals surface area contributed by atoms with Crippen LogP contribution in [0.2, 0.25) is 0 Å². The fourth-order valence-electron chi connectivity index (χ4n) is 2.21. The number of rotatable bonds is 5. The third kappa shape index (κ3) is 5.09. The van der Waals surface area contributed by atoms with Crippen LogP contribution >= 0.6 is 0 Å². The molecule has 0 aliphatic heterocycles. The molecule has 1 amide bonds. The second-order valence-corrected chi connectivity index (χ2v) is 5.67. The van der Waals surface area contributed by atoms with E-state index in [4.69, 9.17) is 4.74 Å². The zero-order valence-corrected chi connectivity index (χ0v) is 14.1. The number of carbonyl (C=O) groups excluding carboxylic acids is 2. The van der Waals surface area contributed by atoms with Crippen molar-refractivity contribution in [2.24, 2.45) is 0 Å². The number of benzene rings is 2. The molecule has 0 aromatic heterocycles. The fraction of sp³-hybridized carbons (Fsp3) is 0.200. The van der Waals surface area contributed by atoms with E-state index in [1.165, 1.54) is 6.08 Å². The van der Waals surface area contributed by atoms with Crippen molar-refractivity contribution in [3.05, 3.63) is 70.8 Å². The number of carbonyl (C=O) groups is 2.